The normalized spacial score (nSPS) is 13.4. The summed E-state index contributed by atoms with van der Waals surface area (Å²) in [6.45, 7) is 9.10. The maximum Gasteiger partial charge on any atom is 0.193 e. The Kier molecular flexibility index (Phi) is 9.60. The predicted molar refractivity (Wildman–Crippen MR) is 101 cm³/mol. The van der Waals surface area contributed by atoms with Crippen molar-refractivity contribution < 1.29 is 5.11 Å². The van der Waals surface area contributed by atoms with E-state index < -0.39 is 0 Å². The van der Waals surface area contributed by atoms with Gasteiger partial charge in [0.15, 0.2) is 5.96 Å². The van der Waals surface area contributed by atoms with Gasteiger partial charge in [-0.2, -0.15) is 0 Å². The van der Waals surface area contributed by atoms with Gasteiger partial charge in [-0.15, -0.1) is 11.3 Å². The molecule has 0 aliphatic heterocycles. The summed E-state index contributed by atoms with van der Waals surface area (Å²) in [7, 11) is 2.04. The molecule has 23 heavy (non-hydrogen) atoms. The maximum absolute atomic E-state index is 9.24. The number of aliphatic imine (C=N–C) groups is 1. The topological polar surface area (TPSA) is 47.9 Å². The SMILES string of the molecule is CCNC(=NCC(CCO)CC(C)C)N(C)Cc1ccc(Cl)s1. The van der Waals surface area contributed by atoms with Crippen molar-refractivity contribution in [1.82, 2.24) is 10.2 Å². The molecule has 0 bridgehead atoms. The van der Waals surface area contributed by atoms with Crippen LogP contribution in [-0.2, 0) is 6.54 Å². The third-order valence-corrected chi connectivity index (χ3v) is 4.78. The lowest BCUT2D eigenvalue weighted by atomic mass is 9.94. The van der Waals surface area contributed by atoms with E-state index in [1.54, 1.807) is 11.3 Å². The zero-order valence-corrected chi connectivity index (χ0v) is 16.3. The number of thiophene rings is 1. The molecule has 1 unspecified atom stereocenters. The number of halogens is 1. The second-order valence-electron chi connectivity index (χ2n) is 6.26. The Hall–Kier alpha value is -0.780. The average Bonchev–Trinajstić information content (AvgIpc) is 2.87. The molecule has 0 spiro atoms. The average molecular weight is 360 g/mol. The number of hydrogen-bond donors (Lipinski definition) is 2. The van der Waals surface area contributed by atoms with Gasteiger partial charge in [-0.1, -0.05) is 25.4 Å². The lowest BCUT2D eigenvalue weighted by molar-refractivity contribution is 0.245. The smallest absolute Gasteiger partial charge is 0.193 e. The molecule has 0 aromatic carbocycles. The minimum Gasteiger partial charge on any atom is -0.396 e. The van der Waals surface area contributed by atoms with Gasteiger partial charge in [-0.3, -0.25) is 4.99 Å². The molecule has 2 N–H and O–H groups in total. The van der Waals surface area contributed by atoms with Gasteiger partial charge in [0.1, 0.15) is 0 Å². The van der Waals surface area contributed by atoms with Crippen LogP contribution in [0.1, 0.15) is 38.5 Å². The number of aliphatic hydroxyl groups excluding tert-OH is 1. The molecule has 0 radical (unpaired) electrons. The van der Waals surface area contributed by atoms with Crippen LogP contribution in [0.5, 0.6) is 0 Å². The number of aliphatic hydroxyl groups is 1. The van der Waals surface area contributed by atoms with Crippen LogP contribution in [-0.4, -0.2) is 42.7 Å². The van der Waals surface area contributed by atoms with Crippen LogP contribution in [0.15, 0.2) is 17.1 Å². The molecule has 0 aliphatic carbocycles. The van der Waals surface area contributed by atoms with E-state index in [0.29, 0.717) is 11.8 Å². The van der Waals surface area contributed by atoms with E-state index in [9.17, 15) is 5.11 Å². The van der Waals surface area contributed by atoms with Crippen LogP contribution in [0.3, 0.4) is 0 Å². The van der Waals surface area contributed by atoms with Crippen molar-refractivity contribution in [2.75, 3.05) is 26.7 Å². The summed E-state index contributed by atoms with van der Waals surface area (Å²) >= 11 is 7.60. The summed E-state index contributed by atoms with van der Waals surface area (Å²) in [4.78, 5) is 8.12. The Labute approximate surface area is 149 Å². The summed E-state index contributed by atoms with van der Waals surface area (Å²) < 4.78 is 0.815. The highest BCUT2D eigenvalue weighted by Gasteiger charge is 2.13. The number of guanidine groups is 1. The minimum atomic E-state index is 0.229. The van der Waals surface area contributed by atoms with Gasteiger partial charge in [0.25, 0.3) is 0 Å². The summed E-state index contributed by atoms with van der Waals surface area (Å²) in [5.74, 6) is 1.96. The molecule has 132 valence electrons. The van der Waals surface area contributed by atoms with Crippen molar-refractivity contribution in [3.8, 4) is 0 Å². The zero-order valence-electron chi connectivity index (χ0n) is 14.7. The molecule has 1 atom stereocenters. The Bertz CT molecular complexity index is 476. The van der Waals surface area contributed by atoms with Gasteiger partial charge < -0.3 is 15.3 Å². The summed E-state index contributed by atoms with van der Waals surface area (Å²) in [6, 6.07) is 3.99. The Balaban J connectivity index is 2.69. The number of hydrogen-bond acceptors (Lipinski definition) is 3. The first-order chi connectivity index (χ1) is 11.0. The van der Waals surface area contributed by atoms with Gasteiger partial charge >= 0.3 is 0 Å². The van der Waals surface area contributed by atoms with Crippen molar-refractivity contribution in [3.05, 3.63) is 21.3 Å². The van der Waals surface area contributed by atoms with Crippen LogP contribution in [0.25, 0.3) is 0 Å². The fourth-order valence-electron chi connectivity index (χ4n) is 2.56. The van der Waals surface area contributed by atoms with Crippen molar-refractivity contribution in [3.63, 3.8) is 0 Å². The molecule has 6 heteroatoms. The number of nitrogens with one attached hydrogen (secondary N) is 1. The van der Waals surface area contributed by atoms with Crippen LogP contribution in [0.2, 0.25) is 4.34 Å². The molecule has 0 saturated heterocycles. The molecule has 0 saturated carbocycles. The Morgan fingerprint density at radius 2 is 2.17 bits per heavy atom. The number of rotatable bonds is 9. The van der Waals surface area contributed by atoms with Gasteiger partial charge in [-0.25, -0.2) is 0 Å². The first kappa shape index (κ1) is 20.3. The lowest BCUT2D eigenvalue weighted by Gasteiger charge is -2.23. The van der Waals surface area contributed by atoms with Gasteiger partial charge in [-0.05, 0) is 43.7 Å². The van der Waals surface area contributed by atoms with Crippen LogP contribution in [0, 0.1) is 11.8 Å². The molecular weight excluding hydrogens is 330 g/mol. The van der Waals surface area contributed by atoms with Crippen molar-refractivity contribution in [1.29, 1.82) is 0 Å². The lowest BCUT2D eigenvalue weighted by Crippen LogP contribution is -2.38. The van der Waals surface area contributed by atoms with Crippen LogP contribution >= 0.6 is 22.9 Å². The number of nitrogens with zero attached hydrogens (tertiary/aromatic N) is 2. The van der Waals surface area contributed by atoms with E-state index in [2.05, 4.69) is 37.1 Å². The standard InChI is InChI=1S/C17H30ClN3OS/c1-5-19-17(20-11-14(8-9-22)10-13(2)3)21(4)12-15-6-7-16(18)23-15/h6-7,13-14,22H,5,8-12H2,1-4H3,(H,19,20). The maximum atomic E-state index is 9.24. The van der Waals surface area contributed by atoms with Crippen LogP contribution in [0.4, 0.5) is 0 Å². The third-order valence-electron chi connectivity index (χ3n) is 3.56. The second-order valence-corrected chi connectivity index (χ2v) is 8.06. The van der Waals surface area contributed by atoms with E-state index in [0.717, 1.165) is 42.8 Å². The summed E-state index contributed by atoms with van der Waals surface area (Å²) in [5.41, 5.74) is 0. The van der Waals surface area contributed by atoms with Crippen LogP contribution < -0.4 is 5.32 Å². The fraction of sp³-hybridized carbons (Fsp3) is 0.706. The molecule has 4 nitrogen and oxygen atoms in total. The molecule has 0 amide bonds. The molecule has 1 rings (SSSR count). The first-order valence-electron chi connectivity index (χ1n) is 8.30. The monoisotopic (exact) mass is 359 g/mol. The highest BCUT2D eigenvalue weighted by molar-refractivity contribution is 7.16. The van der Waals surface area contributed by atoms with Crippen molar-refractivity contribution in [2.45, 2.75) is 40.2 Å². The predicted octanol–water partition coefficient (Wildman–Crippen LogP) is 3.84. The van der Waals surface area contributed by atoms with E-state index in [-0.39, 0.29) is 6.61 Å². The summed E-state index contributed by atoms with van der Waals surface area (Å²) in [5, 5.41) is 12.6. The second kappa shape index (κ2) is 10.9. The van der Waals surface area contributed by atoms with E-state index >= 15 is 0 Å². The molecule has 0 aliphatic rings. The highest BCUT2D eigenvalue weighted by atomic mass is 35.5. The van der Waals surface area contributed by atoms with Gasteiger partial charge in [0.05, 0.1) is 10.9 Å². The zero-order chi connectivity index (χ0) is 17.2. The molecule has 1 aromatic heterocycles. The van der Waals surface area contributed by atoms with Crippen molar-refractivity contribution >= 4 is 28.9 Å². The first-order valence-corrected chi connectivity index (χ1v) is 9.50. The van der Waals surface area contributed by atoms with Gasteiger partial charge in [0.2, 0.25) is 0 Å². The molecule has 1 aromatic rings. The van der Waals surface area contributed by atoms with E-state index in [1.165, 1.54) is 4.88 Å². The third kappa shape index (κ3) is 8.04. The Morgan fingerprint density at radius 1 is 1.43 bits per heavy atom. The van der Waals surface area contributed by atoms with E-state index in [1.807, 2.05) is 13.1 Å². The molecular formula is C17H30ClN3OS. The minimum absolute atomic E-state index is 0.229. The largest absolute Gasteiger partial charge is 0.396 e. The summed E-state index contributed by atoms with van der Waals surface area (Å²) in [6.07, 6.45) is 1.90. The Morgan fingerprint density at radius 3 is 2.70 bits per heavy atom. The van der Waals surface area contributed by atoms with Crippen molar-refractivity contribution in [2.24, 2.45) is 16.8 Å². The quantitative estimate of drug-likeness (QED) is 0.520. The molecule has 1 heterocycles. The fourth-order valence-corrected chi connectivity index (χ4v) is 3.70. The van der Waals surface area contributed by atoms with Gasteiger partial charge in [0, 0.05) is 31.6 Å². The molecule has 0 fully saturated rings. The highest BCUT2D eigenvalue weighted by Crippen LogP contribution is 2.22. The van der Waals surface area contributed by atoms with E-state index in [4.69, 9.17) is 16.6 Å².